The standard InChI is InChI=1S/C23H30N4O2/c1-18-7-9-19(10-8-18)29-20-11-14-27(17-20)23(28)21-5-3-6-22(24-21)26-13-4-12-25(2)15-16-26/h3,5-10,20H,4,11-17H2,1-2H3/t20-/m1/s1. The minimum absolute atomic E-state index is 0.00574. The summed E-state index contributed by atoms with van der Waals surface area (Å²) >= 11 is 0. The van der Waals surface area contributed by atoms with E-state index in [9.17, 15) is 4.79 Å². The van der Waals surface area contributed by atoms with E-state index in [4.69, 9.17) is 9.72 Å². The summed E-state index contributed by atoms with van der Waals surface area (Å²) in [6.45, 7) is 7.41. The van der Waals surface area contributed by atoms with E-state index in [-0.39, 0.29) is 12.0 Å². The number of likely N-dealkylation sites (tertiary alicyclic amines) is 1. The van der Waals surface area contributed by atoms with Crippen LogP contribution >= 0.6 is 0 Å². The quantitative estimate of drug-likeness (QED) is 0.798. The molecule has 1 amide bonds. The first-order valence-corrected chi connectivity index (χ1v) is 10.5. The van der Waals surface area contributed by atoms with Crippen molar-refractivity contribution in [3.05, 3.63) is 53.7 Å². The molecular weight excluding hydrogens is 364 g/mol. The first kappa shape index (κ1) is 19.7. The van der Waals surface area contributed by atoms with Gasteiger partial charge in [-0.3, -0.25) is 4.79 Å². The van der Waals surface area contributed by atoms with Crippen LogP contribution in [0.25, 0.3) is 0 Å². The Labute approximate surface area is 173 Å². The van der Waals surface area contributed by atoms with Crippen LogP contribution in [0.2, 0.25) is 0 Å². The molecule has 0 aliphatic carbocycles. The summed E-state index contributed by atoms with van der Waals surface area (Å²) in [5.74, 6) is 1.76. The number of likely N-dealkylation sites (N-methyl/N-ethyl adjacent to an activating group) is 1. The first-order chi connectivity index (χ1) is 14.1. The monoisotopic (exact) mass is 394 g/mol. The molecule has 3 heterocycles. The van der Waals surface area contributed by atoms with E-state index in [1.807, 2.05) is 47.4 Å². The van der Waals surface area contributed by atoms with Crippen LogP contribution in [0.5, 0.6) is 5.75 Å². The highest BCUT2D eigenvalue weighted by Gasteiger charge is 2.29. The summed E-state index contributed by atoms with van der Waals surface area (Å²) in [6.07, 6.45) is 1.99. The van der Waals surface area contributed by atoms with Crippen LogP contribution in [-0.4, -0.2) is 73.1 Å². The lowest BCUT2D eigenvalue weighted by molar-refractivity contribution is 0.0766. The van der Waals surface area contributed by atoms with Crippen LogP contribution in [0.1, 0.15) is 28.9 Å². The Balaban J connectivity index is 1.39. The number of ether oxygens (including phenoxy) is 1. The van der Waals surface area contributed by atoms with E-state index < -0.39 is 0 Å². The molecule has 0 N–H and O–H groups in total. The lowest BCUT2D eigenvalue weighted by Crippen LogP contribution is -2.33. The zero-order valence-corrected chi connectivity index (χ0v) is 17.4. The molecule has 6 heteroatoms. The number of amides is 1. The van der Waals surface area contributed by atoms with Crippen LogP contribution < -0.4 is 9.64 Å². The van der Waals surface area contributed by atoms with E-state index in [0.29, 0.717) is 18.8 Å². The number of benzene rings is 1. The molecule has 0 saturated carbocycles. The molecule has 1 atom stereocenters. The topological polar surface area (TPSA) is 48.9 Å². The normalized spacial score (nSPS) is 20.6. The number of aromatic nitrogens is 1. The Morgan fingerprint density at radius 3 is 2.69 bits per heavy atom. The molecule has 2 aliphatic heterocycles. The second-order valence-corrected chi connectivity index (χ2v) is 8.12. The van der Waals surface area contributed by atoms with Crippen LogP contribution in [0.4, 0.5) is 5.82 Å². The second-order valence-electron chi connectivity index (χ2n) is 8.12. The highest BCUT2D eigenvalue weighted by molar-refractivity contribution is 5.93. The van der Waals surface area contributed by atoms with E-state index >= 15 is 0 Å². The molecule has 0 bridgehead atoms. The molecule has 2 saturated heterocycles. The highest BCUT2D eigenvalue weighted by Crippen LogP contribution is 2.21. The van der Waals surface area contributed by atoms with Gasteiger partial charge < -0.3 is 19.4 Å². The molecule has 2 aliphatic rings. The summed E-state index contributed by atoms with van der Waals surface area (Å²) in [5, 5.41) is 0. The summed E-state index contributed by atoms with van der Waals surface area (Å²) in [6, 6.07) is 13.8. The van der Waals surface area contributed by atoms with Gasteiger partial charge in [-0.15, -0.1) is 0 Å². The van der Waals surface area contributed by atoms with E-state index in [1.54, 1.807) is 0 Å². The van der Waals surface area contributed by atoms with Crippen LogP contribution in [0, 0.1) is 6.92 Å². The molecule has 0 radical (unpaired) electrons. The maximum atomic E-state index is 13.0. The van der Waals surface area contributed by atoms with Crippen LogP contribution in [-0.2, 0) is 0 Å². The number of hydrogen-bond donors (Lipinski definition) is 0. The predicted molar refractivity (Wildman–Crippen MR) is 115 cm³/mol. The molecule has 6 nitrogen and oxygen atoms in total. The molecule has 2 aromatic rings. The fourth-order valence-corrected chi connectivity index (χ4v) is 3.97. The Morgan fingerprint density at radius 2 is 1.86 bits per heavy atom. The van der Waals surface area contributed by atoms with E-state index in [2.05, 4.69) is 23.8 Å². The third-order valence-corrected chi connectivity index (χ3v) is 5.75. The summed E-state index contributed by atoms with van der Waals surface area (Å²) in [4.78, 5) is 24.2. The van der Waals surface area contributed by atoms with E-state index in [0.717, 1.165) is 50.6 Å². The van der Waals surface area contributed by atoms with Gasteiger partial charge in [0.2, 0.25) is 0 Å². The number of nitrogens with zero attached hydrogens (tertiary/aromatic N) is 4. The Kier molecular flexibility index (Phi) is 6.00. The van der Waals surface area contributed by atoms with Crippen LogP contribution in [0.15, 0.2) is 42.5 Å². The minimum Gasteiger partial charge on any atom is -0.489 e. The number of aryl methyl sites for hydroxylation is 1. The lowest BCUT2D eigenvalue weighted by Gasteiger charge is -2.23. The van der Waals surface area contributed by atoms with Gasteiger partial charge in [0.05, 0.1) is 6.54 Å². The van der Waals surface area contributed by atoms with Gasteiger partial charge in [-0.25, -0.2) is 4.98 Å². The lowest BCUT2D eigenvalue weighted by atomic mass is 10.2. The Bertz CT molecular complexity index is 839. The predicted octanol–water partition coefficient (Wildman–Crippen LogP) is 2.83. The van der Waals surface area contributed by atoms with Gasteiger partial charge in [-0.05, 0) is 51.2 Å². The van der Waals surface area contributed by atoms with Gasteiger partial charge >= 0.3 is 0 Å². The van der Waals surface area contributed by atoms with E-state index in [1.165, 1.54) is 5.56 Å². The fourth-order valence-electron chi connectivity index (χ4n) is 3.97. The third kappa shape index (κ3) is 4.88. The average molecular weight is 395 g/mol. The second kappa shape index (κ2) is 8.82. The molecule has 4 rings (SSSR count). The van der Waals surface area contributed by atoms with Crippen molar-refractivity contribution in [3.8, 4) is 5.75 Å². The van der Waals surface area contributed by atoms with Crippen molar-refractivity contribution in [1.29, 1.82) is 0 Å². The molecule has 0 unspecified atom stereocenters. The Morgan fingerprint density at radius 1 is 1.03 bits per heavy atom. The molecule has 2 fully saturated rings. The number of anilines is 1. The third-order valence-electron chi connectivity index (χ3n) is 5.75. The Hall–Kier alpha value is -2.60. The van der Waals surface area contributed by atoms with Crippen molar-refractivity contribution in [2.45, 2.75) is 25.9 Å². The molecular formula is C23H30N4O2. The average Bonchev–Trinajstić information content (AvgIpc) is 3.09. The number of pyridine rings is 1. The minimum atomic E-state index is -0.00574. The van der Waals surface area contributed by atoms with Crippen molar-refractivity contribution < 1.29 is 9.53 Å². The highest BCUT2D eigenvalue weighted by atomic mass is 16.5. The maximum Gasteiger partial charge on any atom is 0.272 e. The number of carbonyl (C=O) groups excluding carboxylic acids is 1. The largest absolute Gasteiger partial charge is 0.489 e. The van der Waals surface area contributed by atoms with Gasteiger partial charge in [0.15, 0.2) is 0 Å². The van der Waals surface area contributed by atoms with Gasteiger partial charge in [-0.2, -0.15) is 0 Å². The van der Waals surface area contributed by atoms with Gasteiger partial charge in [0, 0.05) is 32.6 Å². The van der Waals surface area contributed by atoms with Crippen molar-refractivity contribution in [1.82, 2.24) is 14.8 Å². The smallest absolute Gasteiger partial charge is 0.272 e. The van der Waals surface area contributed by atoms with Gasteiger partial charge in [0.25, 0.3) is 5.91 Å². The molecule has 0 spiro atoms. The zero-order chi connectivity index (χ0) is 20.2. The van der Waals surface area contributed by atoms with Crippen molar-refractivity contribution in [3.63, 3.8) is 0 Å². The van der Waals surface area contributed by atoms with Crippen molar-refractivity contribution >= 4 is 11.7 Å². The van der Waals surface area contributed by atoms with Gasteiger partial charge in [-0.1, -0.05) is 23.8 Å². The van der Waals surface area contributed by atoms with Gasteiger partial charge in [0.1, 0.15) is 23.4 Å². The molecule has 29 heavy (non-hydrogen) atoms. The molecule has 154 valence electrons. The van der Waals surface area contributed by atoms with Crippen molar-refractivity contribution in [2.24, 2.45) is 0 Å². The van der Waals surface area contributed by atoms with Crippen LogP contribution in [0.3, 0.4) is 0 Å². The number of rotatable bonds is 4. The summed E-state index contributed by atoms with van der Waals surface area (Å²) in [5.41, 5.74) is 1.73. The SMILES string of the molecule is Cc1ccc(O[C@@H]2CCN(C(=O)c3cccc(N4CCCN(C)CC4)n3)C2)cc1. The summed E-state index contributed by atoms with van der Waals surface area (Å²) in [7, 11) is 2.15. The molecule has 1 aromatic carbocycles. The number of hydrogen-bond acceptors (Lipinski definition) is 5. The summed E-state index contributed by atoms with van der Waals surface area (Å²) < 4.78 is 6.06. The fraction of sp³-hybridized carbons (Fsp3) is 0.478. The zero-order valence-electron chi connectivity index (χ0n) is 17.4. The van der Waals surface area contributed by atoms with Crippen molar-refractivity contribution in [2.75, 3.05) is 51.2 Å². The first-order valence-electron chi connectivity index (χ1n) is 10.5. The number of carbonyl (C=O) groups is 1. The maximum absolute atomic E-state index is 13.0. The molecule has 1 aromatic heterocycles.